The van der Waals surface area contributed by atoms with Gasteiger partial charge in [-0.3, -0.25) is 4.79 Å². The predicted molar refractivity (Wildman–Crippen MR) is 112 cm³/mol. The summed E-state index contributed by atoms with van der Waals surface area (Å²) in [5.74, 6) is -0.183. The summed E-state index contributed by atoms with van der Waals surface area (Å²) >= 11 is 0. The van der Waals surface area contributed by atoms with E-state index in [4.69, 9.17) is 0 Å². The SMILES string of the molecule is CCN(Cc1cnc(S(=O)(=O)Cc2ccccc2)n1Cc1ccccc1)C(C)=O. The average Bonchev–Trinajstić information content (AvgIpc) is 3.10. The zero-order valence-electron chi connectivity index (χ0n) is 16.7. The van der Waals surface area contributed by atoms with Gasteiger partial charge in [-0.2, -0.15) is 0 Å². The van der Waals surface area contributed by atoms with Gasteiger partial charge in [-0.15, -0.1) is 0 Å². The van der Waals surface area contributed by atoms with E-state index in [9.17, 15) is 13.2 Å². The Hall–Kier alpha value is -2.93. The minimum absolute atomic E-state index is 0.0276. The van der Waals surface area contributed by atoms with Crippen molar-refractivity contribution in [1.29, 1.82) is 0 Å². The minimum Gasteiger partial charge on any atom is -0.337 e. The fourth-order valence-corrected chi connectivity index (χ4v) is 4.69. The molecule has 0 aliphatic carbocycles. The van der Waals surface area contributed by atoms with E-state index in [0.29, 0.717) is 30.9 Å². The van der Waals surface area contributed by atoms with Crippen molar-refractivity contribution >= 4 is 15.7 Å². The number of amides is 1. The molecule has 1 aromatic heterocycles. The van der Waals surface area contributed by atoms with E-state index in [1.165, 1.54) is 6.92 Å². The van der Waals surface area contributed by atoms with Gasteiger partial charge in [0.05, 0.1) is 30.7 Å². The summed E-state index contributed by atoms with van der Waals surface area (Å²) in [7, 11) is -3.66. The van der Waals surface area contributed by atoms with Crippen LogP contribution in [0.15, 0.2) is 72.0 Å². The molecule has 0 spiro atoms. The van der Waals surface area contributed by atoms with Crippen LogP contribution in [0.4, 0.5) is 0 Å². The molecular weight excluding hydrogens is 386 g/mol. The number of hydrogen-bond donors (Lipinski definition) is 0. The van der Waals surface area contributed by atoms with E-state index in [0.717, 1.165) is 5.56 Å². The van der Waals surface area contributed by atoms with Gasteiger partial charge in [-0.05, 0) is 18.1 Å². The lowest BCUT2D eigenvalue weighted by Gasteiger charge is -2.20. The minimum atomic E-state index is -3.66. The second-order valence-corrected chi connectivity index (χ2v) is 8.77. The number of imidazole rings is 1. The summed E-state index contributed by atoms with van der Waals surface area (Å²) in [6.07, 6.45) is 1.56. The lowest BCUT2D eigenvalue weighted by Crippen LogP contribution is -2.29. The highest BCUT2D eigenvalue weighted by atomic mass is 32.2. The maximum Gasteiger partial charge on any atom is 0.228 e. The van der Waals surface area contributed by atoms with Gasteiger partial charge in [-0.1, -0.05) is 60.7 Å². The van der Waals surface area contributed by atoms with E-state index in [1.807, 2.05) is 55.5 Å². The molecule has 0 saturated carbocycles. The molecule has 1 amide bonds. The van der Waals surface area contributed by atoms with Crippen molar-refractivity contribution in [3.05, 3.63) is 83.7 Å². The molecule has 0 fully saturated rings. The normalized spacial score (nSPS) is 11.4. The monoisotopic (exact) mass is 411 g/mol. The number of carbonyl (C=O) groups excluding carboxylic acids is 1. The van der Waals surface area contributed by atoms with Crippen LogP contribution in [0.1, 0.15) is 30.7 Å². The molecule has 0 bridgehead atoms. The largest absolute Gasteiger partial charge is 0.337 e. The molecule has 3 aromatic rings. The first-order valence-electron chi connectivity index (χ1n) is 9.51. The number of benzene rings is 2. The summed E-state index contributed by atoms with van der Waals surface area (Å²) in [5.41, 5.74) is 2.37. The third kappa shape index (κ3) is 5.12. The number of hydrogen-bond acceptors (Lipinski definition) is 4. The van der Waals surface area contributed by atoms with Crippen LogP contribution in [0.5, 0.6) is 0 Å². The molecule has 7 heteroatoms. The summed E-state index contributed by atoms with van der Waals surface area (Å²) < 4.78 is 28.0. The van der Waals surface area contributed by atoms with Gasteiger partial charge in [0.15, 0.2) is 0 Å². The molecular formula is C22H25N3O3S. The van der Waals surface area contributed by atoms with E-state index < -0.39 is 9.84 Å². The molecule has 0 radical (unpaired) electrons. The van der Waals surface area contributed by atoms with Crippen LogP contribution < -0.4 is 0 Å². The smallest absolute Gasteiger partial charge is 0.228 e. The highest BCUT2D eigenvalue weighted by Crippen LogP contribution is 2.20. The summed E-state index contributed by atoms with van der Waals surface area (Å²) in [6, 6.07) is 18.7. The third-order valence-corrected chi connectivity index (χ3v) is 6.34. The predicted octanol–water partition coefficient (Wildman–Crippen LogP) is 3.27. The highest BCUT2D eigenvalue weighted by Gasteiger charge is 2.25. The Bertz CT molecular complexity index is 1060. The van der Waals surface area contributed by atoms with Gasteiger partial charge in [-0.25, -0.2) is 13.4 Å². The van der Waals surface area contributed by atoms with Crippen LogP contribution in [-0.2, 0) is 33.5 Å². The van der Waals surface area contributed by atoms with Gasteiger partial charge in [0.2, 0.25) is 20.9 Å². The molecule has 152 valence electrons. The molecule has 0 aliphatic rings. The van der Waals surface area contributed by atoms with Gasteiger partial charge in [0.25, 0.3) is 0 Å². The maximum atomic E-state index is 13.2. The molecule has 2 aromatic carbocycles. The Labute approximate surface area is 171 Å². The molecule has 0 unspecified atom stereocenters. The molecule has 3 rings (SSSR count). The quantitative estimate of drug-likeness (QED) is 0.570. The number of rotatable bonds is 8. The second kappa shape index (κ2) is 9.05. The second-order valence-electron chi connectivity index (χ2n) is 6.88. The standard InChI is InChI=1S/C22H25N3O3S/c1-3-24(18(2)26)16-21-14-23-22(25(21)15-19-10-6-4-7-11-19)29(27,28)17-20-12-8-5-9-13-20/h4-14H,3,15-17H2,1-2H3. The topological polar surface area (TPSA) is 72.3 Å². The molecule has 0 aliphatic heterocycles. The highest BCUT2D eigenvalue weighted by molar-refractivity contribution is 7.90. The van der Waals surface area contributed by atoms with Gasteiger partial charge < -0.3 is 9.47 Å². The van der Waals surface area contributed by atoms with Crippen molar-refractivity contribution in [2.75, 3.05) is 6.54 Å². The van der Waals surface area contributed by atoms with E-state index in [2.05, 4.69) is 4.98 Å². The Morgan fingerprint density at radius 2 is 1.59 bits per heavy atom. The number of aromatic nitrogens is 2. The Morgan fingerprint density at radius 3 is 2.14 bits per heavy atom. The number of sulfone groups is 1. The first kappa shape index (κ1) is 20.8. The lowest BCUT2D eigenvalue weighted by molar-refractivity contribution is -0.129. The van der Waals surface area contributed by atoms with Crippen molar-refractivity contribution < 1.29 is 13.2 Å². The van der Waals surface area contributed by atoms with E-state index in [1.54, 1.807) is 27.8 Å². The summed E-state index contributed by atoms with van der Waals surface area (Å²) in [4.78, 5) is 17.8. The Balaban J connectivity index is 2.00. The van der Waals surface area contributed by atoms with Crippen LogP contribution in [-0.4, -0.2) is 35.3 Å². The Morgan fingerprint density at radius 1 is 1.00 bits per heavy atom. The molecule has 0 atom stereocenters. The number of carbonyl (C=O) groups is 1. The Kier molecular flexibility index (Phi) is 6.49. The lowest BCUT2D eigenvalue weighted by atomic mass is 10.2. The maximum absolute atomic E-state index is 13.2. The third-order valence-electron chi connectivity index (χ3n) is 4.74. The van der Waals surface area contributed by atoms with Gasteiger partial charge in [0, 0.05) is 13.5 Å². The van der Waals surface area contributed by atoms with Crippen molar-refractivity contribution in [3.63, 3.8) is 0 Å². The molecule has 6 nitrogen and oxygen atoms in total. The zero-order valence-corrected chi connectivity index (χ0v) is 17.5. The van der Waals surface area contributed by atoms with Gasteiger partial charge >= 0.3 is 0 Å². The summed E-state index contributed by atoms with van der Waals surface area (Å²) in [5, 5.41) is 0.0276. The fourth-order valence-electron chi connectivity index (χ4n) is 3.20. The van der Waals surface area contributed by atoms with E-state index >= 15 is 0 Å². The van der Waals surface area contributed by atoms with Crippen molar-refractivity contribution in [3.8, 4) is 0 Å². The van der Waals surface area contributed by atoms with E-state index in [-0.39, 0.29) is 16.8 Å². The fraction of sp³-hybridized carbons (Fsp3) is 0.273. The van der Waals surface area contributed by atoms with Crippen molar-refractivity contribution in [1.82, 2.24) is 14.5 Å². The van der Waals surface area contributed by atoms with Gasteiger partial charge in [0.1, 0.15) is 0 Å². The first-order chi connectivity index (χ1) is 13.9. The first-order valence-corrected chi connectivity index (χ1v) is 11.2. The number of nitrogens with zero attached hydrogens (tertiary/aromatic N) is 3. The molecule has 1 heterocycles. The molecule has 0 saturated heterocycles. The average molecular weight is 412 g/mol. The molecule has 29 heavy (non-hydrogen) atoms. The van der Waals surface area contributed by atoms with Crippen LogP contribution in [0.2, 0.25) is 0 Å². The summed E-state index contributed by atoms with van der Waals surface area (Å²) in [6.45, 7) is 4.63. The van der Waals surface area contributed by atoms with Crippen LogP contribution in [0, 0.1) is 0 Å². The zero-order chi connectivity index (χ0) is 20.9. The van der Waals surface area contributed by atoms with Crippen LogP contribution in [0.25, 0.3) is 0 Å². The van der Waals surface area contributed by atoms with Crippen LogP contribution >= 0.6 is 0 Å². The van der Waals surface area contributed by atoms with Crippen molar-refractivity contribution in [2.45, 2.75) is 37.8 Å². The van der Waals surface area contributed by atoms with Crippen molar-refractivity contribution in [2.24, 2.45) is 0 Å². The van der Waals surface area contributed by atoms with Crippen LogP contribution in [0.3, 0.4) is 0 Å². The molecule has 0 N–H and O–H groups in total.